The predicted octanol–water partition coefficient (Wildman–Crippen LogP) is 6.62. The molecule has 2 amide bonds. The highest BCUT2D eigenvalue weighted by Crippen LogP contribution is 2.25. The van der Waals surface area contributed by atoms with E-state index in [2.05, 4.69) is 5.32 Å². The lowest BCUT2D eigenvalue weighted by molar-refractivity contribution is -0.139. The van der Waals surface area contributed by atoms with Crippen molar-refractivity contribution >= 4 is 46.8 Å². The van der Waals surface area contributed by atoms with Gasteiger partial charge in [-0.1, -0.05) is 73.7 Å². The molecule has 34 heavy (non-hydrogen) atoms. The van der Waals surface area contributed by atoms with Crippen LogP contribution in [0.25, 0.3) is 0 Å². The van der Waals surface area contributed by atoms with Crippen LogP contribution >= 0.6 is 35.0 Å². The summed E-state index contributed by atoms with van der Waals surface area (Å²) in [6.07, 6.45) is 5.86. The maximum atomic E-state index is 14.0. The molecule has 8 heteroatoms. The van der Waals surface area contributed by atoms with Gasteiger partial charge in [-0.25, -0.2) is 4.39 Å². The van der Waals surface area contributed by atoms with E-state index in [-0.39, 0.29) is 36.0 Å². The Balaban J connectivity index is 1.73. The molecule has 0 aromatic heterocycles. The number of nitrogens with zero attached hydrogens (tertiary/aromatic N) is 1. The Morgan fingerprint density at radius 1 is 1.12 bits per heavy atom. The average Bonchev–Trinajstić information content (AvgIpc) is 2.83. The number of thioether (sulfide) groups is 1. The van der Waals surface area contributed by atoms with Gasteiger partial charge < -0.3 is 10.2 Å². The topological polar surface area (TPSA) is 49.4 Å². The van der Waals surface area contributed by atoms with Crippen LogP contribution in [-0.2, 0) is 21.9 Å². The summed E-state index contributed by atoms with van der Waals surface area (Å²) in [5.74, 6) is -0.0548. The zero-order valence-corrected chi connectivity index (χ0v) is 21.7. The second-order valence-corrected chi connectivity index (χ2v) is 10.4. The molecule has 0 saturated heterocycles. The third-order valence-electron chi connectivity index (χ3n) is 6.12. The van der Waals surface area contributed by atoms with Crippen molar-refractivity contribution in [2.75, 3.05) is 5.75 Å². The normalized spacial score (nSPS) is 15.1. The molecule has 184 valence electrons. The molecule has 1 saturated carbocycles. The molecule has 0 radical (unpaired) electrons. The van der Waals surface area contributed by atoms with E-state index in [1.165, 1.54) is 24.2 Å². The first-order valence-electron chi connectivity index (χ1n) is 11.7. The number of carbonyl (C=O) groups is 2. The number of hydrogen-bond donors (Lipinski definition) is 1. The van der Waals surface area contributed by atoms with Crippen molar-refractivity contribution in [3.8, 4) is 0 Å². The van der Waals surface area contributed by atoms with Gasteiger partial charge in [0.25, 0.3) is 0 Å². The van der Waals surface area contributed by atoms with Crippen molar-refractivity contribution in [1.29, 1.82) is 0 Å². The fourth-order valence-electron chi connectivity index (χ4n) is 4.25. The van der Waals surface area contributed by atoms with Crippen LogP contribution in [0.2, 0.25) is 10.0 Å². The molecule has 0 spiro atoms. The van der Waals surface area contributed by atoms with E-state index in [1.807, 2.05) is 13.0 Å². The van der Waals surface area contributed by atoms with E-state index in [0.29, 0.717) is 27.8 Å². The number of rotatable bonds is 10. The maximum Gasteiger partial charge on any atom is 0.243 e. The predicted molar refractivity (Wildman–Crippen MR) is 139 cm³/mol. The number of amides is 2. The molecule has 0 heterocycles. The van der Waals surface area contributed by atoms with Gasteiger partial charge in [0.15, 0.2) is 0 Å². The molecular weight excluding hydrogens is 494 g/mol. The van der Waals surface area contributed by atoms with E-state index in [1.54, 1.807) is 35.2 Å². The van der Waals surface area contributed by atoms with Gasteiger partial charge in [0.1, 0.15) is 11.9 Å². The molecule has 1 aliphatic carbocycles. The van der Waals surface area contributed by atoms with Crippen LogP contribution < -0.4 is 5.32 Å². The summed E-state index contributed by atoms with van der Waals surface area (Å²) in [5, 5.41) is 4.00. The zero-order chi connectivity index (χ0) is 24.5. The van der Waals surface area contributed by atoms with Crippen molar-refractivity contribution in [2.24, 2.45) is 0 Å². The number of halogens is 3. The summed E-state index contributed by atoms with van der Waals surface area (Å²) in [4.78, 5) is 28.2. The molecule has 2 aromatic carbocycles. The minimum atomic E-state index is -0.599. The monoisotopic (exact) mass is 524 g/mol. The van der Waals surface area contributed by atoms with Crippen molar-refractivity contribution < 1.29 is 14.0 Å². The molecule has 1 N–H and O–H groups in total. The van der Waals surface area contributed by atoms with Gasteiger partial charge in [0.05, 0.1) is 15.8 Å². The van der Waals surface area contributed by atoms with Gasteiger partial charge >= 0.3 is 0 Å². The summed E-state index contributed by atoms with van der Waals surface area (Å²) in [5.41, 5.74) is 1.35. The van der Waals surface area contributed by atoms with Gasteiger partial charge in [-0.3, -0.25) is 9.59 Å². The fraction of sp³-hybridized carbons (Fsp3) is 0.462. The Morgan fingerprint density at radius 3 is 2.53 bits per heavy atom. The Labute approximate surface area is 215 Å². The molecule has 1 fully saturated rings. The van der Waals surface area contributed by atoms with E-state index >= 15 is 0 Å². The van der Waals surface area contributed by atoms with Gasteiger partial charge in [-0.2, -0.15) is 0 Å². The van der Waals surface area contributed by atoms with E-state index in [4.69, 9.17) is 23.2 Å². The van der Waals surface area contributed by atoms with Gasteiger partial charge in [0, 0.05) is 18.3 Å². The zero-order valence-electron chi connectivity index (χ0n) is 19.4. The SMILES string of the molecule is CCC(C(=O)NC1CCCCC1)N(Cc1ccc(Cl)c(Cl)c1)C(=O)CSCc1ccccc1F. The summed E-state index contributed by atoms with van der Waals surface area (Å²) in [6, 6.07) is 11.3. The van der Waals surface area contributed by atoms with Crippen molar-refractivity contribution in [3.63, 3.8) is 0 Å². The minimum Gasteiger partial charge on any atom is -0.352 e. The Bertz CT molecular complexity index is 985. The largest absolute Gasteiger partial charge is 0.352 e. The quantitative estimate of drug-likeness (QED) is 0.379. The molecule has 1 unspecified atom stereocenters. The highest BCUT2D eigenvalue weighted by molar-refractivity contribution is 7.99. The van der Waals surface area contributed by atoms with E-state index in [0.717, 1.165) is 31.2 Å². The lowest BCUT2D eigenvalue weighted by Crippen LogP contribution is -2.52. The highest BCUT2D eigenvalue weighted by atomic mass is 35.5. The van der Waals surface area contributed by atoms with Gasteiger partial charge in [-0.15, -0.1) is 11.8 Å². The molecule has 0 bridgehead atoms. The van der Waals surface area contributed by atoms with Gasteiger partial charge in [0.2, 0.25) is 11.8 Å². The Kier molecular flexibility index (Phi) is 10.5. The lowest BCUT2D eigenvalue weighted by Gasteiger charge is -2.33. The second kappa shape index (κ2) is 13.4. The number of nitrogens with one attached hydrogen (secondary N) is 1. The molecule has 1 aliphatic rings. The van der Waals surface area contributed by atoms with Crippen LogP contribution in [0.4, 0.5) is 4.39 Å². The van der Waals surface area contributed by atoms with Crippen molar-refractivity contribution in [2.45, 2.75) is 69.8 Å². The van der Waals surface area contributed by atoms with E-state index < -0.39 is 6.04 Å². The first-order valence-corrected chi connectivity index (χ1v) is 13.6. The van der Waals surface area contributed by atoms with Crippen LogP contribution in [0, 0.1) is 5.82 Å². The van der Waals surface area contributed by atoms with Crippen LogP contribution in [0.1, 0.15) is 56.6 Å². The Morgan fingerprint density at radius 2 is 1.85 bits per heavy atom. The molecule has 1 atom stereocenters. The van der Waals surface area contributed by atoms with Crippen LogP contribution in [-0.4, -0.2) is 34.6 Å². The lowest BCUT2D eigenvalue weighted by atomic mass is 9.95. The number of carbonyl (C=O) groups excluding carboxylic acids is 2. The molecule has 2 aromatic rings. The van der Waals surface area contributed by atoms with Crippen LogP contribution in [0.15, 0.2) is 42.5 Å². The minimum absolute atomic E-state index is 0.123. The second-order valence-electron chi connectivity index (χ2n) is 8.62. The summed E-state index contributed by atoms with van der Waals surface area (Å²) < 4.78 is 14.0. The van der Waals surface area contributed by atoms with Crippen LogP contribution in [0.3, 0.4) is 0 Å². The molecule has 3 rings (SSSR count). The number of benzene rings is 2. The smallest absolute Gasteiger partial charge is 0.243 e. The Hall–Kier alpha value is -1.76. The maximum absolute atomic E-state index is 14.0. The average molecular weight is 526 g/mol. The molecular formula is C26H31Cl2FN2O2S. The first-order chi connectivity index (χ1) is 16.4. The molecule has 4 nitrogen and oxygen atoms in total. The van der Waals surface area contributed by atoms with E-state index in [9.17, 15) is 14.0 Å². The summed E-state index contributed by atoms with van der Waals surface area (Å²) in [6.45, 7) is 2.15. The first kappa shape index (κ1) is 26.8. The summed E-state index contributed by atoms with van der Waals surface area (Å²) in [7, 11) is 0. The highest BCUT2D eigenvalue weighted by Gasteiger charge is 2.30. The number of hydrogen-bond acceptors (Lipinski definition) is 3. The molecule has 0 aliphatic heterocycles. The standard InChI is InChI=1S/C26H31Cl2FN2O2S/c1-2-24(26(33)30-20-9-4-3-5-10-20)31(15-18-12-13-21(27)22(28)14-18)25(32)17-34-16-19-8-6-7-11-23(19)29/h6-8,11-14,20,24H,2-5,9-10,15-17H2,1H3,(H,30,33). The fourth-order valence-corrected chi connectivity index (χ4v) is 5.46. The third-order valence-corrected chi connectivity index (χ3v) is 7.82. The van der Waals surface area contributed by atoms with Gasteiger partial charge in [-0.05, 0) is 48.6 Å². The third kappa shape index (κ3) is 7.62. The summed E-state index contributed by atoms with van der Waals surface area (Å²) >= 11 is 13.6. The van der Waals surface area contributed by atoms with Crippen molar-refractivity contribution in [1.82, 2.24) is 10.2 Å². The van der Waals surface area contributed by atoms with Crippen molar-refractivity contribution in [3.05, 3.63) is 69.5 Å². The van der Waals surface area contributed by atoms with Crippen LogP contribution in [0.5, 0.6) is 0 Å².